The Morgan fingerprint density at radius 1 is 1.04 bits per heavy atom. The van der Waals surface area contributed by atoms with Crippen LogP contribution in [0.3, 0.4) is 0 Å². The Labute approximate surface area is 159 Å². The number of rotatable bonds is 6. The largest absolute Gasteiger partial charge is 0.494 e. The second kappa shape index (κ2) is 7.56. The van der Waals surface area contributed by atoms with Gasteiger partial charge in [0.25, 0.3) is 0 Å². The Morgan fingerprint density at radius 3 is 2.37 bits per heavy atom. The van der Waals surface area contributed by atoms with E-state index in [4.69, 9.17) is 4.74 Å². The number of aryl methyl sites for hydroxylation is 2. The molecular weight excluding hydrogens is 362 g/mol. The van der Waals surface area contributed by atoms with Crippen LogP contribution in [0.1, 0.15) is 25.8 Å². The van der Waals surface area contributed by atoms with Crippen LogP contribution >= 0.6 is 0 Å². The maximum absolute atomic E-state index is 13.2. The minimum Gasteiger partial charge on any atom is -0.494 e. The maximum atomic E-state index is 13.2. The van der Waals surface area contributed by atoms with Crippen LogP contribution in [0.2, 0.25) is 0 Å². The molecule has 3 rings (SSSR count). The van der Waals surface area contributed by atoms with Crippen molar-refractivity contribution in [1.82, 2.24) is 4.57 Å². The van der Waals surface area contributed by atoms with Crippen LogP contribution in [-0.4, -0.2) is 19.6 Å². The highest BCUT2D eigenvalue weighted by Crippen LogP contribution is 2.24. The normalized spacial score (nSPS) is 11.7. The summed E-state index contributed by atoms with van der Waals surface area (Å²) in [6.45, 7) is 6.89. The molecule has 0 aliphatic carbocycles. The van der Waals surface area contributed by atoms with Crippen LogP contribution in [0.5, 0.6) is 5.75 Å². The van der Waals surface area contributed by atoms with Gasteiger partial charge in [-0.25, -0.2) is 8.42 Å². The number of ether oxygens (including phenoxy) is 1. The first kappa shape index (κ1) is 19.2. The van der Waals surface area contributed by atoms with Crippen molar-refractivity contribution < 1.29 is 13.2 Å². The summed E-state index contributed by atoms with van der Waals surface area (Å²) in [5.41, 5.74) is 1.20. The molecule has 27 heavy (non-hydrogen) atoms. The van der Waals surface area contributed by atoms with Crippen molar-refractivity contribution in [2.45, 2.75) is 43.5 Å². The minimum atomic E-state index is -3.94. The second-order valence-corrected chi connectivity index (χ2v) is 8.36. The van der Waals surface area contributed by atoms with E-state index in [2.05, 4.69) is 0 Å². The lowest BCUT2D eigenvalue weighted by atomic mass is 10.1. The summed E-state index contributed by atoms with van der Waals surface area (Å²) in [5, 5.41) is 0.426. The second-order valence-electron chi connectivity index (χ2n) is 6.44. The van der Waals surface area contributed by atoms with Gasteiger partial charge < -0.3 is 9.30 Å². The molecule has 6 heteroatoms. The van der Waals surface area contributed by atoms with E-state index in [1.807, 2.05) is 37.5 Å². The zero-order chi connectivity index (χ0) is 19.6. The standard InChI is InChI=1S/C21H23NO4S/c1-4-12-22-14-20(21(23)18-13-15(3)6-11-19(18)22)27(24,25)17-9-7-16(8-10-17)26-5-2/h6-11,13-14H,4-5,12H2,1-3H3. The molecule has 5 nitrogen and oxygen atoms in total. The lowest BCUT2D eigenvalue weighted by Gasteiger charge is -2.14. The average molecular weight is 385 g/mol. The van der Waals surface area contributed by atoms with Gasteiger partial charge in [-0.05, 0) is 56.7 Å². The molecule has 142 valence electrons. The summed E-state index contributed by atoms with van der Waals surface area (Å²) in [4.78, 5) is 12.9. The fourth-order valence-corrected chi connectivity index (χ4v) is 4.48. The highest BCUT2D eigenvalue weighted by atomic mass is 32.2. The molecule has 1 aromatic heterocycles. The first-order chi connectivity index (χ1) is 12.9. The summed E-state index contributed by atoms with van der Waals surface area (Å²) in [6, 6.07) is 11.7. The zero-order valence-corrected chi connectivity index (χ0v) is 16.5. The summed E-state index contributed by atoms with van der Waals surface area (Å²) >= 11 is 0. The van der Waals surface area contributed by atoms with Gasteiger partial charge in [0.2, 0.25) is 15.3 Å². The number of aromatic nitrogens is 1. The Balaban J connectivity index is 2.22. The van der Waals surface area contributed by atoms with E-state index in [0.29, 0.717) is 24.3 Å². The zero-order valence-electron chi connectivity index (χ0n) is 15.7. The predicted octanol–water partition coefficient (Wildman–Crippen LogP) is 3.95. The number of hydrogen-bond acceptors (Lipinski definition) is 4. The van der Waals surface area contributed by atoms with Crippen molar-refractivity contribution in [3.05, 3.63) is 64.4 Å². The lowest BCUT2D eigenvalue weighted by Crippen LogP contribution is -2.19. The van der Waals surface area contributed by atoms with Crippen molar-refractivity contribution in [1.29, 1.82) is 0 Å². The molecule has 0 aliphatic rings. The quantitative estimate of drug-likeness (QED) is 0.644. The van der Waals surface area contributed by atoms with E-state index in [1.54, 1.807) is 18.2 Å². The smallest absolute Gasteiger partial charge is 0.211 e. The number of nitrogens with zero attached hydrogens (tertiary/aromatic N) is 1. The average Bonchev–Trinajstić information content (AvgIpc) is 2.65. The predicted molar refractivity (Wildman–Crippen MR) is 106 cm³/mol. The third-order valence-electron chi connectivity index (χ3n) is 4.40. The molecule has 3 aromatic rings. The molecule has 0 atom stereocenters. The summed E-state index contributed by atoms with van der Waals surface area (Å²) in [5.74, 6) is 0.592. The van der Waals surface area contributed by atoms with Gasteiger partial charge in [0, 0.05) is 18.1 Å². The van der Waals surface area contributed by atoms with Gasteiger partial charge in [-0.15, -0.1) is 0 Å². The van der Waals surface area contributed by atoms with E-state index < -0.39 is 15.3 Å². The molecule has 0 spiro atoms. The number of fused-ring (bicyclic) bond motifs is 1. The number of sulfone groups is 1. The van der Waals surface area contributed by atoms with Crippen molar-refractivity contribution in [3.8, 4) is 5.75 Å². The van der Waals surface area contributed by atoms with Gasteiger partial charge >= 0.3 is 0 Å². The highest BCUT2D eigenvalue weighted by molar-refractivity contribution is 7.91. The summed E-state index contributed by atoms with van der Waals surface area (Å²) < 4.78 is 33.5. The monoisotopic (exact) mass is 385 g/mol. The fourth-order valence-electron chi connectivity index (χ4n) is 3.11. The Bertz CT molecular complexity index is 1130. The Morgan fingerprint density at radius 2 is 1.74 bits per heavy atom. The SMILES string of the molecule is CCCn1cc(S(=O)(=O)c2ccc(OCC)cc2)c(=O)c2cc(C)ccc21. The van der Waals surface area contributed by atoms with Gasteiger partial charge in [-0.1, -0.05) is 18.6 Å². The Kier molecular flexibility index (Phi) is 5.37. The molecule has 0 saturated heterocycles. The molecule has 0 bridgehead atoms. The van der Waals surface area contributed by atoms with Crippen LogP contribution in [0.4, 0.5) is 0 Å². The third-order valence-corrected chi connectivity index (χ3v) is 6.16. The lowest BCUT2D eigenvalue weighted by molar-refractivity contribution is 0.340. The van der Waals surface area contributed by atoms with Crippen LogP contribution in [0.15, 0.2) is 63.2 Å². The summed E-state index contributed by atoms with van der Waals surface area (Å²) in [7, 11) is -3.94. The third kappa shape index (κ3) is 3.62. The van der Waals surface area contributed by atoms with Gasteiger partial charge in [-0.3, -0.25) is 4.79 Å². The molecule has 0 saturated carbocycles. The van der Waals surface area contributed by atoms with E-state index in [-0.39, 0.29) is 9.79 Å². The topological polar surface area (TPSA) is 65.4 Å². The molecule has 2 aromatic carbocycles. The van der Waals surface area contributed by atoms with Gasteiger partial charge in [0.15, 0.2) is 0 Å². The molecule has 1 heterocycles. The van der Waals surface area contributed by atoms with Crippen LogP contribution in [0, 0.1) is 6.92 Å². The fraction of sp³-hybridized carbons (Fsp3) is 0.286. The minimum absolute atomic E-state index is 0.0816. The molecule has 0 N–H and O–H groups in total. The first-order valence-electron chi connectivity index (χ1n) is 9.00. The van der Waals surface area contributed by atoms with Crippen LogP contribution < -0.4 is 10.2 Å². The molecule has 0 unspecified atom stereocenters. The summed E-state index contributed by atoms with van der Waals surface area (Å²) in [6.07, 6.45) is 2.30. The molecule has 0 radical (unpaired) electrons. The number of hydrogen-bond donors (Lipinski definition) is 0. The van der Waals surface area contributed by atoms with Crippen molar-refractivity contribution >= 4 is 20.7 Å². The number of benzene rings is 2. The molecule has 0 amide bonds. The van der Waals surface area contributed by atoms with Crippen LogP contribution in [-0.2, 0) is 16.4 Å². The van der Waals surface area contributed by atoms with Crippen LogP contribution in [0.25, 0.3) is 10.9 Å². The number of pyridine rings is 1. The Hall–Kier alpha value is -2.60. The van der Waals surface area contributed by atoms with Gasteiger partial charge in [0.1, 0.15) is 10.6 Å². The van der Waals surface area contributed by atoms with Gasteiger partial charge in [-0.2, -0.15) is 0 Å². The van der Waals surface area contributed by atoms with Crippen molar-refractivity contribution in [2.24, 2.45) is 0 Å². The molecule has 0 fully saturated rings. The molecular formula is C21H23NO4S. The maximum Gasteiger partial charge on any atom is 0.211 e. The van der Waals surface area contributed by atoms with Crippen molar-refractivity contribution in [3.63, 3.8) is 0 Å². The van der Waals surface area contributed by atoms with E-state index in [9.17, 15) is 13.2 Å². The van der Waals surface area contributed by atoms with E-state index in [1.165, 1.54) is 18.3 Å². The molecule has 0 aliphatic heterocycles. The van der Waals surface area contributed by atoms with E-state index >= 15 is 0 Å². The first-order valence-corrected chi connectivity index (χ1v) is 10.5. The van der Waals surface area contributed by atoms with Gasteiger partial charge in [0.05, 0.1) is 17.0 Å². The highest BCUT2D eigenvalue weighted by Gasteiger charge is 2.24. The van der Waals surface area contributed by atoms with E-state index in [0.717, 1.165) is 17.5 Å². The van der Waals surface area contributed by atoms with Crippen molar-refractivity contribution in [2.75, 3.05) is 6.61 Å².